The van der Waals surface area contributed by atoms with Gasteiger partial charge in [0.05, 0.1) is 6.54 Å². The lowest BCUT2D eigenvalue weighted by atomic mass is 10.1. The van der Waals surface area contributed by atoms with Crippen molar-refractivity contribution in [3.8, 4) is 0 Å². The van der Waals surface area contributed by atoms with Gasteiger partial charge in [0.1, 0.15) is 5.58 Å². The highest BCUT2D eigenvalue weighted by molar-refractivity contribution is 5.91. The van der Waals surface area contributed by atoms with Crippen molar-refractivity contribution in [2.75, 3.05) is 13.6 Å². The van der Waals surface area contributed by atoms with Gasteiger partial charge in [-0.3, -0.25) is 4.68 Å². The van der Waals surface area contributed by atoms with Crippen molar-refractivity contribution in [1.29, 1.82) is 0 Å². The van der Waals surface area contributed by atoms with Crippen LogP contribution in [0, 0.1) is 0 Å². The smallest absolute Gasteiger partial charge is 0.371 e. The highest BCUT2D eigenvalue weighted by atomic mass is 16.4. The Labute approximate surface area is 127 Å². The summed E-state index contributed by atoms with van der Waals surface area (Å²) in [4.78, 5) is 13.1. The third-order valence-corrected chi connectivity index (χ3v) is 3.51. The molecule has 0 unspecified atom stereocenters. The molecule has 0 atom stereocenters. The molecular weight excluding hydrogens is 282 g/mol. The van der Waals surface area contributed by atoms with E-state index in [1.807, 2.05) is 42.2 Å². The summed E-state index contributed by atoms with van der Waals surface area (Å²) in [5.74, 6) is -1.08. The molecule has 2 heterocycles. The van der Waals surface area contributed by atoms with Crippen molar-refractivity contribution in [2.45, 2.75) is 13.1 Å². The summed E-state index contributed by atoms with van der Waals surface area (Å²) in [6.45, 7) is 2.50. The van der Waals surface area contributed by atoms with Crippen LogP contribution in [0.5, 0.6) is 0 Å². The van der Waals surface area contributed by atoms with Crippen molar-refractivity contribution in [2.24, 2.45) is 0 Å². The van der Waals surface area contributed by atoms with Crippen molar-refractivity contribution >= 4 is 16.9 Å². The molecule has 3 aromatic rings. The average molecular weight is 299 g/mol. The zero-order valence-electron chi connectivity index (χ0n) is 12.3. The number of nitrogens with zero attached hydrogens (tertiary/aromatic N) is 3. The van der Waals surface area contributed by atoms with Gasteiger partial charge in [0.25, 0.3) is 0 Å². The number of hydrogen-bond acceptors (Lipinski definition) is 4. The Morgan fingerprint density at radius 3 is 3.00 bits per heavy atom. The second-order valence-electron chi connectivity index (χ2n) is 5.29. The molecule has 3 rings (SSSR count). The first-order valence-corrected chi connectivity index (χ1v) is 7.03. The number of aromatic carboxylic acids is 1. The molecule has 1 aromatic carbocycles. The van der Waals surface area contributed by atoms with Crippen LogP contribution in [0.2, 0.25) is 0 Å². The van der Waals surface area contributed by atoms with Gasteiger partial charge in [-0.25, -0.2) is 4.79 Å². The van der Waals surface area contributed by atoms with E-state index < -0.39 is 5.97 Å². The molecule has 0 saturated heterocycles. The van der Waals surface area contributed by atoms with Crippen LogP contribution in [0.4, 0.5) is 0 Å². The largest absolute Gasteiger partial charge is 0.475 e. The van der Waals surface area contributed by atoms with E-state index >= 15 is 0 Å². The van der Waals surface area contributed by atoms with E-state index in [1.54, 1.807) is 12.3 Å². The average Bonchev–Trinajstić information content (AvgIpc) is 3.14. The predicted octanol–water partition coefficient (Wildman–Crippen LogP) is 2.46. The third kappa shape index (κ3) is 3.17. The Kier molecular flexibility index (Phi) is 3.93. The number of furan rings is 1. The van der Waals surface area contributed by atoms with Gasteiger partial charge in [0.15, 0.2) is 0 Å². The topological polar surface area (TPSA) is 71.5 Å². The first-order chi connectivity index (χ1) is 10.6. The fourth-order valence-electron chi connectivity index (χ4n) is 2.39. The molecule has 22 heavy (non-hydrogen) atoms. The molecule has 0 saturated carbocycles. The van der Waals surface area contributed by atoms with Crippen molar-refractivity contribution in [3.63, 3.8) is 0 Å². The van der Waals surface area contributed by atoms with Crippen LogP contribution >= 0.6 is 0 Å². The zero-order chi connectivity index (χ0) is 15.5. The van der Waals surface area contributed by atoms with Gasteiger partial charge in [0, 0.05) is 30.9 Å². The second-order valence-corrected chi connectivity index (χ2v) is 5.29. The number of hydrogen-bond donors (Lipinski definition) is 1. The lowest BCUT2D eigenvalue weighted by molar-refractivity contribution is 0.0665. The SMILES string of the molecule is CN(CCn1cccn1)Cc1ccc2oc(C(=O)O)cc2c1. The maximum Gasteiger partial charge on any atom is 0.371 e. The minimum absolute atomic E-state index is 0.0285. The quantitative estimate of drug-likeness (QED) is 0.757. The Hall–Kier alpha value is -2.60. The molecule has 6 nitrogen and oxygen atoms in total. The van der Waals surface area contributed by atoms with Crippen molar-refractivity contribution in [1.82, 2.24) is 14.7 Å². The van der Waals surface area contributed by atoms with Crippen LogP contribution in [-0.2, 0) is 13.1 Å². The van der Waals surface area contributed by atoms with Crippen molar-refractivity contribution in [3.05, 3.63) is 54.0 Å². The molecule has 0 spiro atoms. The van der Waals surface area contributed by atoms with E-state index in [0.29, 0.717) is 5.58 Å². The Morgan fingerprint density at radius 2 is 2.27 bits per heavy atom. The summed E-state index contributed by atoms with van der Waals surface area (Å²) >= 11 is 0. The number of aromatic nitrogens is 2. The Balaban J connectivity index is 1.66. The second kappa shape index (κ2) is 6.03. The predicted molar refractivity (Wildman–Crippen MR) is 81.7 cm³/mol. The number of fused-ring (bicyclic) bond motifs is 1. The highest BCUT2D eigenvalue weighted by Gasteiger charge is 2.11. The number of carboxylic acids is 1. The number of likely N-dealkylation sites (N-methyl/N-ethyl adjacent to an activating group) is 1. The number of benzene rings is 1. The minimum Gasteiger partial charge on any atom is -0.475 e. The number of carboxylic acid groups (broad SMARTS) is 1. The fraction of sp³-hybridized carbons (Fsp3) is 0.250. The molecule has 0 radical (unpaired) electrons. The summed E-state index contributed by atoms with van der Waals surface area (Å²) in [7, 11) is 2.05. The fourth-order valence-corrected chi connectivity index (χ4v) is 2.39. The molecule has 2 aromatic heterocycles. The molecule has 1 N–H and O–H groups in total. The van der Waals surface area contributed by atoms with Gasteiger partial charge >= 0.3 is 5.97 Å². The Morgan fingerprint density at radius 1 is 1.41 bits per heavy atom. The molecule has 0 amide bonds. The van der Waals surface area contributed by atoms with Crippen LogP contribution in [0.15, 0.2) is 47.1 Å². The van der Waals surface area contributed by atoms with Gasteiger partial charge < -0.3 is 14.4 Å². The van der Waals surface area contributed by atoms with Gasteiger partial charge in [-0.1, -0.05) is 6.07 Å². The lowest BCUT2D eigenvalue weighted by Gasteiger charge is -2.16. The van der Waals surface area contributed by atoms with Gasteiger partial charge in [-0.05, 0) is 36.9 Å². The third-order valence-electron chi connectivity index (χ3n) is 3.51. The number of carbonyl (C=O) groups is 1. The molecule has 0 fully saturated rings. The summed E-state index contributed by atoms with van der Waals surface area (Å²) in [6.07, 6.45) is 3.71. The molecule has 0 aliphatic carbocycles. The minimum atomic E-state index is -1.05. The lowest BCUT2D eigenvalue weighted by Crippen LogP contribution is -2.23. The standard InChI is InChI=1S/C16H17N3O3/c1-18(7-8-19-6-2-5-17-19)11-12-3-4-14-13(9-12)10-15(22-14)16(20)21/h2-6,9-10H,7-8,11H2,1H3,(H,20,21). The van der Waals surface area contributed by atoms with Gasteiger partial charge in [-0.15, -0.1) is 0 Å². The normalized spacial score (nSPS) is 11.4. The van der Waals surface area contributed by atoms with E-state index in [9.17, 15) is 4.79 Å². The van der Waals surface area contributed by atoms with Gasteiger partial charge in [0.2, 0.25) is 5.76 Å². The molecule has 114 valence electrons. The van der Waals surface area contributed by atoms with E-state index in [0.717, 1.165) is 30.6 Å². The highest BCUT2D eigenvalue weighted by Crippen LogP contribution is 2.21. The van der Waals surface area contributed by atoms with E-state index in [4.69, 9.17) is 9.52 Å². The first-order valence-electron chi connectivity index (χ1n) is 7.03. The van der Waals surface area contributed by atoms with Crippen LogP contribution in [-0.4, -0.2) is 39.3 Å². The monoisotopic (exact) mass is 299 g/mol. The summed E-state index contributed by atoms with van der Waals surface area (Å²) in [5, 5.41) is 13.9. The van der Waals surface area contributed by atoms with Crippen LogP contribution < -0.4 is 0 Å². The van der Waals surface area contributed by atoms with Crippen LogP contribution in [0.3, 0.4) is 0 Å². The van der Waals surface area contributed by atoms with Gasteiger partial charge in [-0.2, -0.15) is 5.10 Å². The van der Waals surface area contributed by atoms with Crippen LogP contribution in [0.25, 0.3) is 11.0 Å². The molecule has 0 aliphatic heterocycles. The first kappa shape index (κ1) is 14.3. The Bertz CT molecular complexity index is 777. The van der Waals surface area contributed by atoms with Crippen molar-refractivity contribution < 1.29 is 14.3 Å². The van der Waals surface area contributed by atoms with E-state index in [1.165, 1.54) is 0 Å². The molecule has 0 aliphatic rings. The molecule has 0 bridgehead atoms. The zero-order valence-corrected chi connectivity index (χ0v) is 12.3. The van der Waals surface area contributed by atoms with E-state index in [-0.39, 0.29) is 5.76 Å². The maximum absolute atomic E-state index is 10.9. The summed E-state index contributed by atoms with van der Waals surface area (Å²) < 4.78 is 7.16. The van der Waals surface area contributed by atoms with E-state index in [2.05, 4.69) is 10.00 Å². The summed E-state index contributed by atoms with van der Waals surface area (Å²) in [6, 6.07) is 9.22. The molecule has 6 heteroatoms. The van der Waals surface area contributed by atoms with Crippen LogP contribution in [0.1, 0.15) is 16.1 Å². The maximum atomic E-state index is 10.9. The number of rotatable bonds is 6. The molecular formula is C16H17N3O3. The summed E-state index contributed by atoms with van der Waals surface area (Å²) in [5.41, 5.74) is 1.72.